The summed E-state index contributed by atoms with van der Waals surface area (Å²) in [5, 5.41) is 0. The van der Waals surface area contributed by atoms with E-state index in [9.17, 15) is 0 Å². The third-order valence-electron chi connectivity index (χ3n) is 2.06. The molecule has 0 aliphatic carbocycles. The summed E-state index contributed by atoms with van der Waals surface area (Å²) in [4.78, 5) is 0. The molecule has 0 heterocycles. The minimum atomic E-state index is -0.220. The average molecular weight is 199 g/mol. The number of rotatable bonds is 3. The molecule has 1 atom stereocenters. The van der Waals surface area contributed by atoms with E-state index in [0.29, 0.717) is 0 Å². The minimum Gasteiger partial charge on any atom is -0.475 e. The molecule has 0 aliphatic heterocycles. The number of hydrogen-bond donors (Lipinski definition) is 0. The largest absolute Gasteiger partial charge is 0.475 e. The standard InChI is InChI=1S/C11H15ClO/c1-4-11(12)13-10-6-5-8(2)9(3)7-10/h5-7,11H,4H2,1-3H3. The highest BCUT2D eigenvalue weighted by Crippen LogP contribution is 2.19. The highest BCUT2D eigenvalue weighted by molar-refractivity contribution is 6.19. The van der Waals surface area contributed by atoms with E-state index in [0.717, 1.165) is 12.2 Å². The Morgan fingerprint density at radius 1 is 1.31 bits per heavy atom. The van der Waals surface area contributed by atoms with Crippen molar-refractivity contribution >= 4 is 11.6 Å². The number of halogens is 1. The van der Waals surface area contributed by atoms with Gasteiger partial charge < -0.3 is 4.74 Å². The summed E-state index contributed by atoms with van der Waals surface area (Å²) in [6, 6.07) is 6.01. The molecule has 0 fully saturated rings. The van der Waals surface area contributed by atoms with E-state index in [4.69, 9.17) is 16.3 Å². The zero-order valence-electron chi connectivity index (χ0n) is 8.30. The maximum absolute atomic E-state index is 5.87. The van der Waals surface area contributed by atoms with Gasteiger partial charge in [-0.1, -0.05) is 24.6 Å². The number of hydrogen-bond acceptors (Lipinski definition) is 1. The van der Waals surface area contributed by atoms with E-state index >= 15 is 0 Å². The van der Waals surface area contributed by atoms with Crippen LogP contribution in [0.5, 0.6) is 5.75 Å². The Balaban J connectivity index is 2.73. The molecule has 0 bridgehead atoms. The fraction of sp³-hybridized carbons (Fsp3) is 0.455. The van der Waals surface area contributed by atoms with Crippen molar-refractivity contribution < 1.29 is 4.74 Å². The van der Waals surface area contributed by atoms with Crippen LogP contribution in [0.3, 0.4) is 0 Å². The van der Waals surface area contributed by atoms with E-state index in [2.05, 4.69) is 13.8 Å². The Morgan fingerprint density at radius 3 is 2.54 bits per heavy atom. The second kappa shape index (κ2) is 4.52. The van der Waals surface area contributed by atoms with Crippen LogP contribution >= 0.6 is 11.6 Å². The van der Waals surface area contributed by atoms with Gasteiger partial charge in [0, 0.05) is 0 Å². The van der Waals surface area contributed by atoms with E-state index in [1.54, 1.807) is 0 Å². The molecular formula is C11H15ClO. The zero-order chi connectivity index (χ0) is 9.84. The minimum absolute atomic E-state index is 0.220. The molecule has 0 spiro atoms. The van der Waals surface area contributed by atoms with Crippen LogP contribution in [0.4, 0.5) is 0 Å². The lowest BCUT2D eigenvalue weighted by atomic mass is 10.1. The van der Waals surface area contributed by atoms with Crippen molar-refractivity contribution in [3.63, 3.8) is 0 Å². The number of aryl methyl sites for hydroxylation is 2. The van der Waals surface area contributed by atoms with Crippen LogP contribution in [0.25, 0.3) is 0 Å². The van der Waals surface area contributed by atoms with Gasteiger partial charge in [-0.2, -0.15) is 0 Å². The summed E-state index contributed by atoms with van der Waals surface area (Å²) in [6.07, 6.45) is 0.814. The highest BCUT2D eigenvalue weighted by Gasteiger charge is 2.03. The van der Waals surface area contributed by atoms with Gasteiger partial charge in [0.25, 0.3) is 0 Å². The second-order valence-corrected chi connectivity index (χ2v) is 3.67. The molecule has 0 aliphatic rings. The topological polar surface area (TPSA) is 9.23 Å². The van der Waals surface area contributed by atoms with Crippen LogP contribution in [0.1, 0.15) is 24.5 Å². The first-order valence-corrected chi connectivity index (χ1v) is 4.95. The van der Waals surface area contributed by atoms with E-state index in [-0.39, 0.29) is 5.56 Å². The molecule has 1 nitrogen and oxygen atoms in total. The summed E-state index contributed by atoms with van der Waals surface area (Å²) in [5.74, 6) is 0.852. The third-order valence-corrected chi connectivity index (χ3v) is 2.46. The van der Waals surface area contributed by atoms with E-state index in [1.165, 1.54) is 11.1 Å². The van der Waals surface area contributed by atoms with Crippen LogP contribution < -0.4 is 4.74 Å². The maximum Gasteiger partial charge on any atom is 0.171 e. The molecular weight excluding hydrogens is 184 g/mol. The third kappa shape index (κ3) is 2.92. The Bertz CT molecular complexity index is 283. The van der Waals surface area contributed by atoms with Gasteiger partial charge in [-0.25, -0.2) is 0 Å². The molecule has 0 saturated heterocycles. The van der Waals surface area contributed by atoms with Gasteiger partial charge in [-0.3, -0.25) is 0 Å². The molecule has 1 unspecified atom stereocenters. The van der Waals surface area contributed by atoms with Gasteiger partial charge in [0.05, 0.1) is 0 Å². The van der Waals surface area contributed by atoms with Crippen LogP contribution in [0.15, 0.2) is 18.2 Å². The Hall–Kier alpha value is -0.690. The van der Waals surface area contributed by atoms with Crippen molar-refractivity contribution in [2.24, 2.45) is 0 Å². The van der Waals surface area contributed by atoms with Gasteiger partial charge in [0.1, 0.15) is 5.75 Å². The Labute approximate surface area is 84.7 Å². The summed E-state index contributed by atoms with van der Waals surface area (Å²) in [7, 11) is 0. The van der Waals surface area contributed by atoms with E-state index in [1.807, 2.05) is 25.1 Å². The lowest BCUT2D eigenvalue weighted by Crippen LogP contribution is -2.06. The lowest BCUT2D eigenvalue weighted by molar-refractivity contribution is 0.277. The lowest BCUT2D eigenvalue weighted by Gasteiger charge is -2.11. The Kier molecular flexibility index (Phi) is 3.61. The van der Waals surface area contributed by atoms with Gasteiger partial charge in [0.15, 0.2) is 5.56 Å². The molecule has 2 heteroatoms. The van der Waals surface area contributed by atoms with Crippen molar-refractivity contribution in [2.75, 3.05) is 0 Å². The van der Waals surface area contributed by atoms with Crippen molar-refractivity contribution in [2.45, 2.75) is 32.8 Å². The SMILES string of the molecule is CCC(Cl)Oc1ccc(C)c(C)c1. The fourth-order valence-electron chi connectivity index (χ4n) is 1.02. The molecule has 72 valence electrons. The highest BCUT2D eigenvalue weighted by atomic mass is 35.5. The van der Waals surface area contributed by atoms with Crippen molar-refractivity contribution in [3.8, 4) is 5.75 Å². The monoisotopic (exact) mass is 198 g/mol. The summed E-state index contributed by atoms with van der Waals surface area (Å²) >= 11 is 5.87. The predicted octanol–water partition coefficient (Wildman–Crippen LogP) is 3.66. The average Bonchev–Trinajstić information content (AvgIpc) is 2.11. The summed E-state index contributed by atoms with van der Waals surface area (Å²) < 4.78 is 5.46. The molecule has 1 aromatic rings. The van der Waals surface area contributed by atoms with Crippen LogP contribution in [-0.4, -0.2) is 5.56 Å². The molecule has 13 heavy (non-hydrogen) atoms. The first-order chi connectivity index (χ1) is 6.13. The van der Waals surface area contributed by atoms with Crippen molar-refractivity contribution in [3.05, 3.63) is 29.3 Å². The molecule has 1 rings (SSSR count). The van der Waals surface area contributed by atoms with Gasteiger partial charge in [0.2, 0.25) is 0 Å². The molecule has 0 N–H and O–H groups in total. The fourth-order valence-corrected chi connectivity index (χ4v) is 1.12. The Morgan fingerprint density at radius 2 is 2.00 bits per heavy atom. The number of ether oxygens (including phenoxy) is 1. The zero-order valence-corrected chi connectivity index (χ0v) is 9.06. The molecule has 0 amide bonds. The predicted molar refractivity (Wildman–Crippen MR) is 56.5 cm³/mol. The van der Waals surface area contributed by atoms with Gasteiger partial charge >= 0.3 is 0 Å². The molecule has 1 aromatic carbocycles. The molecule has 0 radical (unpaired) electrons. The second-order valence-electron chi connectivity index (χ2n) is 3.18. The van der Waals surface area contributed by atoms with Crippen LogP contribution in [0, 0.1) is 13.8 Å². The number of benzene rings is 1. The van der Waals surface area contributed by atoms with Crippen LogP contribution in [-0.2, 0) is 0 Å². The summed E-state index contributed by atoms with van der Waals surface area (Å²) in [6.45, 7) is 6.15. The smallest absolute Gasteiger partial charge is 0.171 e. The molecule has 0 aromatic heterocycles. The number of alkyl halides is 1. The maximum atomic E-state index is 5.87. The first kappa shape index (κ1) is 10.4. The quantitative estimate of drug-likeness (QED) is 0.674. The molecule has 0 saturated carbocycles. The van der Waals surface area contributed by atoms with Crippen molar-refractivity contribution in [1.29, 1.82) is 0 Å². The van der Waals surface area contributed by atoms with Gasteiger partial charge in [-0.05, 0) is 43.5 Å². The van der Waals surface area contributed by atoms with Crippen LogP contribution in [0.2, 0.25) is 0 Å². The van der Waals surface area contributed by atoms with Crippen molar-refractivity contribution in [1.82, 2.24) is 0 Å². The van der Waals surface area contributed by atoms with E-state index < -0.39 is 0 Å². The normalized spacial score (nSPS) is 12.6. The van der Waals surface area contributed by atoms with Gasteiger partial charge in [-0.15, -0.1) is 0 Å². The summed E-state index contributed by atoms with van der Waals surface area (Å²) in [5.41, 5.74) is 2.29. The first-order valence-electron chi connectivity index (χ1n) is 4.51.